The van der Waals surface area contributed by atoms with E-state index in [2.05, 4.69) is 0 Å². The summed E-state index contributed by atoms with van der Waals surface area (Å²) >= 11 is 0. The third-order valence-corrected chi connectivity index (χ3v) is 2.19. The highest BCUT2D eigenvalue weighted by molar-refractivity contribution is 6.01. The van der Waals surface area contributed by atoms with E-state index >= 15 is 0 Å². The van der Waals surface area contributed by atoms with Crippen LogP contribution in [0.25, 0.3) is 0 Å². The van der Waals surface area contributed by atoms with Gasteiger partial charge < -0.3 is 21.1 Å². The second kappa shape index (κ2) is 4.74. The quantitative estimate of drug-likeness (QED) is 0.592. The Morgan fingerprint density at radius 2 is 2.00 bits per heavy atom. The fourth-order valence-corrected chi connectivity index (χ4v) is 1.48. The van der Waals surface area contributed by atoms with E-state index in [1.807, 2.05) is 0 Å². The lowest BCUT2D eigenvalue weighted by molar-refractivity contribution is 0.0527. The van der Waals surface area contributed by atoms with Crippen molar-refractivity contribution >= 4 is 23.0 Å². The number of carbonyl (C=O) groups is 1. The van der Waals surface area contributed by atoms with Crippen molar-refractivity contribution in [1.29, 1.82) is 0 Å². The molecule has 0 amide bonds. The predicted octanol–water partition coefficient (Wildman–Crippen LogP) is 1.09. The van der Waals surface area contributed by atoms with E-state index in [0.717, 1.165) is 0 Å². The van der Waals surface area contributed by atoms with Crippen LogP contribution in [0.1, 0.15) is 17.3 Å². The van der Waals surface area contributed by atoms with E-state index in [1.165, 1.54) is 0 Å². The van der Waals surface area contributed by atoms with Crippen LogP contribution >= 0.6 is 0 Å². The van der Waals surface area contributed by atoms with Gasteiger partial charge in [-0.05, 0) is 19.1 Å². The van der Waals surface area contributed by atoms with E-state index in [4.69, 9.17) is 16.2 Å². The smallest absolute Gasteiger partial charge is 0.340 e. The van der Waals surface area contributed by atoms with Gasteiger partial charge in [-0.25, -0.2) is 4.79 Å². The molecule has 0 radical (unpaired) electrons. The summed E-state index contributed by atoms with van der Waals surface area (Å²) in [4.78, 5) is 13.4. The molecule has 4 N–H and O–H groups in total. The molecule has 1 rings (SSSR count). The second-order valence-electron chi connectivity index (χ2n) is 3.58. The van der Waals surface area contributed by atoms with Crippen molar-refractivity contribution in [2.24, 2.45) is 0 Å². The number of carbonyl (C=O) groups excluding carboxylic acids is 1. The summed E-state index contributed by atoms with van der Waals surface area (Å²) in [6.45, 7) is 2.09. The number of rotatable bonds is 3. The van der Waals surface area contributed by atoms with E-state index in [-0.39, 0.29) is 0 Å². The Morgan fingerprint density at radius 3 is 2.50 bits per heavy atom. The van der Waals surface area contributed by atoms with Crippen molar-refractivity contribution in [3.05, 3.63) is 17.7 Å². The van der Waals surface area contributed by atoms with Crippen LogP contribution in [0.4, 0.5) is 17.1 Å². The lowest BCUT2D eigenvalue weighted by Gasteiger charge is -2.20. The highest BCUT2D eigenvalue weighted by atomic mass is 16.5. The standard InChI is InChI=1S/C11H17N3O2/c1-4-16-11(15)7-5-6-8(12)9(13)10(7)14(2)3/h5-6H,4,12-13H2,1-3H3. The maximum absolute atomic E-state index is 11.7. The van der Waals surface area contributed by atoms with E-state index < -0.39 is 5.97 Å². The molecule has 88 valence electrons. The normalized spacial score (nSPS) is 9.94. The SMILES string of the molecule is CCOC(=O)c1ccc(N)c(N)c1N(C)C. The minimum Gasteiger partial charge on any atom is -0.462 e. The Hall–Kier alpha value is -1.91. The first kappa shape index (κ1) is 12.2. The number of hydrogen-bond donors (Lipinski definition) is 2. The molecule has 0 aliphatic carbocycles. The topological polar surface area (TPSA) is 81.6 Å². The monoisotopic (exact) mass is 223 g/mol. The Kier molecular flexibility index (Phi) is 3.60. The molecule has 0 aliphatic heterocycles. The van der Waals surface area contributed by atoms with Crippen molar-refractivity contribution < 1.29 is 9.53 Å². The van der Waals surface area contributed by atoms with Gasteiger partial charge >= 0.3 is 5.97 Å². The molecule has 0 aromatic heterocycles. The van der Waals surface area contributed by atoms with E-state index in [0.29, 0.717) is 29.2 Å². The third kappa shape index (κ3) is 2.18. The molecule has 16 heavy (non-hydrogen) atoms. The Labute approximate surface area is 95.0 Å². The van der Waals surface area contributed by atoms with Crippen molar-refractivity contribution in [2.75, 3.05) is 37.1 Å². The maximum atomic E-state index is 11.7. The van der Waals surface area contributed by atoms with Crippen LogP contribution in [0.5, 0.6) is 0 Å². The molecule has 5 nitrogen and oxygen atoms in total. The number of hydrogen-bond acceptors (Lipinski definition) is 5. The van der Waals surface area contributed by atoms with Gasteiger partial charge in [0, 0.05) is 14.1 Å². The first-order valence-corrected chi connectivity index (χ1v) is 5.01. The maximum Gasteiger partial charge on any atom is 0.340 e. The minimum absolute atomic E-state index is 0.329. The van der Waals surface area contributed by atoms with Crippen LogP contribution in [0.3, 0.4) is 0 Å². The zero-order chi connectivity index (χ0) is 12.3. The first-order valence-electron chi connectivity index (χ1n) is 5.01. The second-order valence-corrected chi connectivity index (χ2v) is 3.58. The summed E-state index contributed by atoms with van der Waals surface area (Å²) in [6.07, 6.45) is 0. The van der Waals surface area contributed by atoms with Crippen LogP contribution in [-0.4, -0.2) is 26.7 Å². The number of nitrogens with two attached hydrogens (primary N) is 2. The van der Waals surface area contributed by atoms with E-state index in [1.54, 1.807) is 38.1 Å². The first-order chi connectivity index (χ1) is 7.49. The van der Waals surface area contributed by atoms with Gasteiger partial charge in [0.15, 0.2) is 0 Å². The number of ether oxygens (including phenoxy) is 1. The number of nitrogens with zero attached hydrogens (tertiary/aromatic N) is 1. The molecule has 0 unspecified atom stereocenters. The number of nitrogen functional groups attached to an aromatic ring is 2. The van der Waals surface area contributed by atoms with Crippen molar-refractivity contribution in [1.82, 2.24) is 0 Å². The largest absolute Gasteiger partial charge is 0.462 e. The molecule has 0 spiro atoms. The minimum atomic E-state index is -0.391. The van der Waals surface area contributed by atoms with Gasteiger partial charge in [-0.3, -0.25) is 0 Å². The predicted molar refractivity (Wildman–Crippen MR) is 65.6 cm³/mol. The molecule has 1 aromatic rings. The summed E-state index contributed by atoms with van der Waals surface area (Å²) in [5, 5.41) is 0. The molecule has 5 heteroatoms. The Morgan fingerprint density at radius 1 is 1.38 bits per heavy atom. The van der Waals surface area contributed by atoms with Crippen molar-refractivity contribution in [2.45, 2.75) is 6.92 Å². The highest BCUT2D eigenvalue weighted by Gasteiger charge is 2.17. The summed E-state index contributed by atoms with van der Waals surface area (Å²) in [5.41, 5.74) is 13.4. The summed E-state index contributed by atoms with van der Waals surface area (Å²) in [5.74, 6) is -0.391. The summed E-state index contributed by atoms with van der Waals surface area (Å²) < 4.78 is 4.95. The number of benzene rings is 1. The van der Waals surface area contributed by atoms with Gasteiger partial charge in [-0.1, -0.05) is 0 Å². The molecule has 1 aromatic carbocycles. The van der Waals surface area contributed by atoms with Crippen molar-refractivity contribution in [3.63, 3.8) is 0 Å². The summed E-state index contributed by atoms with van der Waals surface area (Å²) in [6, 6.07) is 3.23. The van der Waals surface area contributed by atoms with Gasteiger partial charge in [0.25, 0.3) is 0 Å². The van der Waals surface area contributed by atoms with Crippen molar-refractivity contribution in [3.8, 4) is 0 Å². The molecule has 0 saturated heterocycles. The third-order valence-electron chi connectivity index (χ3n) is 2.19. The lowest BCUT2D eigenvalue weighted by atomic mass is 10.1. The molecule has 0 bridgehead atoms. The molecule has 0 atom stereocenters. The molecule has 0 fully saturated rings. The van der Waals surface area contributed by atoms with Gasteiger partial charge in [-0.2, -0.15) is 0 Å². The highest BCUT2D eigenvalue weighted by Crippen LogP contribution is 2.31. The molecular formula is C11H17N3O2. The fraction of sp³-hybridized carbons (Fsp3) is 0.364. The number of anilines is 3. The van der Waals surface area contributed by atoms with Crippen LogP contribution in [0, 0.1) is 0 Å². The van der Waals surface area contributed by atoms with Gasteiger partial charge in [0.2, 0.25) is 0 Å². The van der Waals surface area contributed by atoms with Crippen LogP contribution in [-0.2, 0) is 4.74 Å². The Balaban J connectivity index is 3.28. The van der Waals surface area contributed by atoms with Crippen LogP contribution < -0.4 is 16.4 Å². The zero-order valence-electron chi connectivity index (χ0n) is 9.78. The fourth-order valence-electron chi connectivity index (χ4n) is 1.48. The molecule has 0 heterocycles. The van der Waals surface area contributed by atoms with Gasteiger partial charge in [0.05, 0.1) is 29.2 Å². The zero-order valence-corrected chi connectivity index (χ0v) is 9.78. The van der Waals surface area contributed by atoms with Gasteiger partial charge in [0.1, 0.15) is 0 Å². The van der Waals surface area contributed by atoms with Crippen LogP contribution in [0.2, 0.25) is 0 Å². The number of esters is 1. The molecular weight excluding hydrogens is 206 g/mol. The lowest BCUT2D eigenvalue weighted by Crippen LogP contribution is -2.18. The average Bonchev–Trinajstić information content (AvgIpc) is 2.21. The van der Waals surface area contributed by atoms with Gasteiger partial charge in [-0.15, -0.1) is 0 Å². The van der Waals surface area contributed by atoms with Crippen LogP contribution in [0.15, 0.2) is 12.1 Å². The van der Waals surface area contributed by atoms with E-state index in [9.17, 15) is 4.79 Å². The Bertz CT molecular complexity index is 402. The molecule has 0 aliphatic rings. The summed E-state index contributed by atoms with van der Waals surface area (Å²) in [7, 11) is 3.60. The molecule has 0 saturated carbocycles. The average molecular weight is 223 g/mol.